The second kappa shape index (κ2) is 7.07. The van der Waals surface area contributed by atoms with Gasteiger partial charge in [-0.3, -0.25) is 4.79 Å². The van der Waals surface area contributed by atoms with E-state index >= 15 is 0 Å². The number of carboxylic acid groups (broad SMARTS) is 1. The van der Waals surface area contributed by atoms with Crippen LogP contribution >= 0.6 is 0 Å². The molecule has 1 heterocycles. The van der Waals surface area contributed by atoms with E-state index < -0.39 is 18.2 Å². The summed E-state index contributed by atoms with van der Waals surface area (Å²) < 4.78 is 5.63. The summed E-state index contributed by atoms with van der Waals surface area (Å²) in [4.78, 5) is 10.4. The molecule has 0 bridgehead atoms. The Balaban J connectivity index is 2.32. The van der Waals surface area contributed by atoms with Gasteiger partial charge in [-0.15, -0.1) is 0 Å². The molecule has 1 fully saturated rings. The molecule has 3 N–H and O–H groups in total. The standard InChI is InChI=1S/C13H24O5/c1-8(5-3-4-6-12(16)17)13-11(15)7-10(14)9(2)18-13/h8-11,13-15H,3-7H2,1-2H3,(H,16,17)/t8?,9-,10+,11+,13?/m0/s1. The van der Waals surface area contributed by atoms with Gasteiger partial charge in [0, 0.05) is 12.8 Å². The zero-order valence-corrected chi connectivity index (χ0v) is 11.1. The first-order valence-electron chi connectivity index (χ1n) is 6.65. The molecule has 0 aromatic heterocycles. The highest BCUT2D eigenvalue weighted by atomic mass is 16.5. The molecule has 1 aliphatic heterocycles. The molecule has 0 saturated carbocycles. The first kappa shape index (κ1) is 15.4. The van der Waals surface area contributed by atoms with Crippen molar-refractivity contribution in [1.82, 2.24) is 0 Å². The third kappa shape index (κ3) is 4.55. The molecule has 1 rings (SSSR count). The average Bonchev–Trinajstić information content (AvgIpc) is 2.28. The minimum atomic E-state index is -0.770. The molecule has 0 aromatic carbocycles. The van der Waals surface area contributed by atoms with E-state index in [4.69, 9.17) is 9.84 Å². The Hall–Kier alpha value is -0.650. The number of aliphatic carboxylic acids is 1. The highest BCUT2D eigenvalue weighted by molar-refractivity contribution is 5.66. The van der Waals surface area contributed by atoms with Crippen LogP contribution in [0.2, 0.25) is 0 Å². The lowest BCUT2D eigenvalue weighted by Crippen LogP contribution is -2.48. The minimum Gasteiger partial charge on any atom is -0.481 e. The number of ether oxygens (including phenoxy) is 1. The minimum absolute atomic E-state index is 0.170. The van der Waals surface area contributed by atoms with Crippen molar-refractivity contribution in [2.24, 2.45) is 5.92 Å². The van der Waals surface area contributed by atoms with E-state index in [0.29, 0.717) is 12.8 Å². The van der Waals surface area contributed by atoms with Crippen LogP contribution in [0.3, 0.4) is 0 Å². The molecule has 5 nitrogen and oxygen atoms in total. The molecule has 5 heteroatoms. The zero-order valence-electron chi connectivity index (χ0n) is 11.1. The van der Waals surface area contributed by atoms with Gasteiger partial charge in [-0.1, -0.05) is 13.3 Å². The normalized spacial score (nSPS) is 34.2. The van der Waals surface area contributed by atoms with Crippen molar-refractivity contribution in [2.75, 3.05) is 0 Å². The molecule has 0 radical (unpaired) electrons. The summed E-state index contributed by atoms with van der Waals surface area (Å²) in [5.41, 5.74) is 0. The summed E-state index contributed by atoms with van der Waals surface area (Å²) in [5, 5.41) is 28.0. The maximum atomic E-state index is 10.4. The summed E-state index contributed by atoms with van der Waals surface area (Å²) >= 11 is 0. The monoisotopic (exact) mass is 260 g/mol. The Kier molecular flexibility index (Phi) is 6.05. The van der Waals surface area contributed by atoms with Gasteiger partial charge in [0.15, 0.2) is 0 Å². The number of aliphatic hydroxyl groups excluding tert-OH is 2. The molecule has 1 saturated heterocycles. The number of hydrogen-bond acceptors (Lipinski definition) is 4. The lowest BCUT2D eigenvalue weighted by atomic mass is 9.88. The molecular weight excluding hydrogens is 236 g/mol. The summed E-state index contributed by atoms with van der Waals surface area (Å²) in [5.74, 6) is -0.600. The number of carboxylic acids is 1. The van der Waals surface area contributed by atoms with Gasteiger partial charge in [0.1, 0.15) is 0 Å². The van der Waals surface area contributed by atoms with Gasteiger partial charge in [0.2, 0.25) is 0 Å². The molecule has 0 aromatic rings. The Morgan fingerprint density at radius 3 is 2.61 bits per heavy atom. The Labute approximate surface area is 108 Å². The van der Waals surface area contributed by atoms with Gasteiger partial charge >= 0.3 is 5.97 Å². The molecule has 2 unspecified atom stereocenters. The molecular formula is C13H24O5. The van der Waals surface area contributed by atoms with Gasteiger partial charge < -0.3 is 20.1 Å². The zero-order chi connectivity index (χ0) is 13.7. The topological polar surface area (TPSA) is 87.0 Å². The SMILES string of the molecule is CC(CCCCC(=O)O)C1O[C@@H](C)[C@H](O)C[C@H]1O. The number of unbranched alkanes of at least 4 members (excludes halogenated alkanes) is 1. The van der Waals surface area contributed by atoms with Gasteiger partial charge in [0.05, 0.1) is 24.4 Å². The van der Waals surface area contributed by atoms with Crippen molar-refractivity contribution < 1.29 is 24.9 Å². The summed E-state index contributed by atoms with van der Waals surface area (Å²) in [6, 6.07) is 0. The van der Waals surface area contributed by atoms with E-state index in [0.717, 1.165) is 12.8 Å². The van der Waals surface area contributed by atoms with Gasteiger partial charge in [-0.05, 0) is 25.7 Å². The predicted octanol–water partition coefficient (Wildman–Crippen LogP) is 1.17. The molecule has 0 amide bonds. The van der Waals surface area contributed by atoms with Crippen molar-refractivity contribution >= 4 is 5.97 Å². The first-order chi connectivity index (χ1) is 8.41. The van der Waals surface area contributed by atoms with Crippen LogP contribution in [0.5, 0.6) is 0 Å². The molecule has 106 valence electrons. The third-order valence-corrected chi connectivity index (χ3v) is 3.64. The fraction of sp³-hybridized carbons (Fsp3) is 0.923. The lowest BCUT2D eigenvalue weighted by molar-refractivity contribution is -0.178. The Morgan fingerprint density at radius 1 is 1.33 bits per heavy atom. The third-order valence-electron chi connectivity index (χ3n) is 3.64. The molecule has 1 aliphatic rings. The van der Waals surface area contributed by atoms with Crippen LogP contribution in [-0.4, -0.2) is 45.7 Å². The van der Waals surface area contributed by atoms with E-state index in [-0.39, 0.29) is 24.5 Å². The lowest BCUT2D eigenvalue weighted by Gasteiger charge is -2.38. The number of carbonyl (C=O) groups is 1. The van der Waals surface area contributed by atoms with E-state index in [1.807, 2.05) is 6.92 Å². The van der Waals surface area contributed by atoms with E-state index in [9.17, 15) is 15.0 Å². The summed E-state index contributed by atoms with van der Waals surface area (Å²) in [6.45, 7) is 3.81. The summed E-state index contributed by atoms with van der Waals surface area (Å²) in [6.07, 6.45) is 1.10. The van der Waals surface area contributed by atoms with Gasteiger partial charge in [-0.2, -0.15) is 0 Å². The maximum absolute atomic E-state index is 10.4. The van der Waals surface area contributed by atoms with Crippen LogP contribution < -0.4 is 0 Å². The van der Waals surface area contributed by atoms with Crippen molar-refractivity contribution in [3.8, 4) is 0 Å². The molecule has 18 heavy (non-hydrogen) atoms. The van der Waals surface area contributed by atoms with Crippen LogP contribution in [0.15, 0.2) is 0 Å². The highest BCUT2D eigenvalue weighted by Gasteiger charge is 2.36. The van der Waals surface area contributed by atoms with Crippen molar-refractivity contribution in [1.29, 1.82) is 0 Å². The van der Waals surface area contributed by atoms with E-state index in [1.165, 1.54) is 0 Å². The van der Waals surface area contributed by atoms with E-state index in [1.54, 1.807) is 6.92 Å². The van der Waals surface area contributed by atoms with Crippen LogP contribution in [0.25, 0.3) is 0 Å². The van der Waals surface area contributed by atoms with Gasteiger partial charge in [0.25, 0.3) is 0 Å². The average molecular weight is 260 g/mol. The predicted molar refractivity (Wildman–Crippen MR) is 66.2 cm³/mol. The van der Waals surface area contributed by atoms with Gasteiger partial charge in [-0.25, -0.2) is 0 Å². The Bertz CT molecular complexity index is 268. The van der Waals surface area contributed by atoms with Crippen LogP contribution in [0.4, 0.5) is 0 Å². The van der Waals surface area contributed by atoms with Crippen molar-refractivity contribution in [3.05, 3.63) is 0 Å². The molecule has 5 atom stereocenters. The highest BCUT2D eigenvalue weighted by Crippen LogP contribution is 2.27. The molecule has 0 aliphatic carbocycles. The smallest absolute Gasteiger partial charge is 0.303 e. The van der Waals surface area contributed by atoms with E-state index in [2.05, 4.69) is 0 Å². The quantitative estimate of drug-likeness (QED) is 0.624. The fourth-order valence-electron chi connectivity index (χ4n) is 2.42. The van der Waals surface area contributed by atoms with Crippen LogP contribution in [0.1, 0.15) is 46.0 Å². The Morgan fingerprint density at radius 2 is 2.00 bits per heavy atom. The number of aliphatic hydroxyl groups is 2. The van der Waals surface area contributed by atoms with Crippen LogP contribution in [0, 0.1) is 5.92 Å². The summed E-state index contributed by atoms with van der Waals surface area (Å²) in [7, 11) is 0. The van der Waals surface area contributed by atoms with Crippen molar-refractivity contribution in [3.63, 3.8) is 0 Å². The molecule has 0 spiro atoms. The number of rotatable bonds is 6. The van der Waals surface area contributed by atoms with Crippen LogP contribution in [-0.2, 0) is 9.53 Å². The fourth-order valence-corrected chi connectivity index (χ4v) is 2.42. The second-order valence-corrected chi connectivity index (χ2v) is 5.29. The largest absolute Gasteiger partial charge is 0.481 e. The van der Waals surface area contributed by atoms with Crippen molar-refractivity contribution in [2.45, 2.75) is 70.4 Å². The number of hydrogen-bond donors (Lipinski definition) is 3. The first-order valence-corrected chi connectivity index (χ1v) is 6.65. The maximum Gasteiger partial charge on any atom is 0.303 e. The second-order valence-electron chi connectivity index (χ2n) is 5.29.